The van der Waals surface area contributed by atoms with Crippen molar-refractivity contribution in [1.82, 2.24) is 0 Å². The van der Waals surface area contributed by atoms with Crippen molar-refractivity contribution in [3.05, 3.63) is 12.2 Å². The highest BCUT2D eigenvalue weighted by atomic mass is 31.2. The second-order valence-electron chi connectivity index (χ2n) is 21.7. The van der Waals surface area contributed by atoms with E-state index in [9.17, 15) is 19.0 Å². The molecule has 0 N–H and O–H groups in total. The molecule has 10 heteroatoms. The Bertz CT molecular complexity index is 1180. The summed E-state index contributed by atoms with van der Waals surface area (Å²) in [5.74, 6) is -0.820. The number of hydrogen-bond donors (Lipinski definition) is 0. The van der Waals surface area contributed by atoms with E-state index in [-0.39, 0.29) is 32.0 Å². The molecule has 0 spiro atoms. The third kappa shape index (κ3) is 55.9. The van der Waals surface area contributed by atoms with E-state index < -0.39 is 26.5 Å². The molecular formula is C59H116NO8P. The zero-order valence-corrected chi connectivity index (χ0v) is 47.4. The van der Waals surface area contributed by atoms with Crippen molar-refractivity contribution in [3.8, 4) is 0 Å². The first-order chi connectivity index (χ1) is 33.5. The number of rotatable bonds is 56. The van der Waals surface area contributed by atoms with Gasteiger partial charge in [-0.25, -0.2) is 0 Å². The van der Waals surface area contributed by atoms with Crippen LogP contribution in [0.4, 0.5) is 0 Å². The molecule has 69 heavy (non-hydrogen) atoms. The average Bonchev–Trinajstić information content (AvgIpc) is 3.31. The number of quaternary nitrogens is 1. The van der Waals surface area contributed by atoms with Crippen LogP contribution in [0.5, 0.6) is 0 Å². The maximum Gasteiger partial charge on any atom is 0.306 e. The molecule has 0 aliphatic carbocycles. The molecule has 0 aliphatic rings. The van der Waals surface area contributed by atoms with Gasteiger partial charge in [0.15, 0.2) is 6.10 Å². The number of hydrogen-bond acceptors (Lipinski definition) is 8. The number of likely N-dealkylation sites (N-methyl/N-ethyl adjacent to an activating group) is 1. The lowest BCUT2D eigenvalue weighted by Crippen LogP contribution is -2.37. The molecule has 0 aromatic carbocycles. The Balaban J connectivity index is 4.04. The van der Waals surface area contributed by atoms with Crippen LogP contribution in [0.15, 0.2) is 12.2 Å². The van der Waals surface area contributed by atoms with Crippen LogP contribution in [0, 0.1) is 0 Å². The van der Waals surface area contributed by atoms with Crippen molar-refractivity contribution >= 4 is 19.8 Å². The Morgan fingerprint density at radius 2 is 0.739 bits per heavy atom. The van der Waals surface area contributed by atoms with E-state index in [4.69, 9.17) is 18.5 Å². The number of phosphoric ester groups is 1. The highest BCUT2D eigenvalue weighted by Gasteiger charge is 2.22. The summed E-state index contributed by atoms with van der Waals surface area (Å²) in [6.45, 7) is 4.29. The summed E-state index contributed by atoms with van der Waals surface area (Å²) in [4.78, 5) is 37.8. The van der Waals surface area contributed by atoms with Gasteiger partial charge in [-0.05, 0) is 38.5 Å². The third-order valence-electron chi connectivity index (χ3n) is 13.5. The van der Waals surface area contributed by atoms with Gasteiger partial charge in [-0.1, -0.05) is 264 Å². The molecule has 0 heterocycles. The van der Waals surface area contributed by atoms with Crippen molar-refractivity contribution in [3.63, 3.8) is 0 Å². The van der Waals surface area contributed by atoms with Gasteiger partial charge in [-0.3, -0.25) is 14.2 Å². The second kappa shape index (κ2) is 51.6. The third-order valence-corrected chi connectivity index (χ3v) is 14.5. The number of allylic oxidation sites excluding steroid dienone is 2. The standard InChI is InChI=1S/C59H116NO8P/c1-6-8-10-12-14-16-18-20-22-24-25-26-27-28-29-30-31-32-33-34-36-37-39-41-43-45-47-49-51-58(61)65-55-57(56-67-69(63,64)66-54-53-60(3,4)5)68-59(62)52-50-48-46-44-42-40-38-35-23-21-19-17-15-13-11-9-7-2/h21,23,57H,6-20,22,24-56H2,1-5H3/b23-21-. The van der Waals surface area contributed by atoms with Crippen LogP contribution in [0.2, 0.25) is 0 Å². The van der Waals surface area contributed by atoms with E-state index in [1.165, 1.54) is 225 Å². The fourth-order valence-electron chi connectivity index (χ4n) is 8.89. The Hall–Kier alpha value is -1.25. The fourth-order valence-corrected chi connectivity index (χ4v) is 9.62. The van der Waals surface area contributed by atoms with Crippen LogP contribution in [0.25, 0.3) is 0 Å². The molecule has 2 unspecified atom stereocenters. The van der Waals surface area contributed by atoms with Crippen LogP contribution in [0.1, 0.15) is 303 Å². The molecule has 0 aliphatic heterocycles. The van der Waals surface area contributed by atoms with Gasteiger partial charge in [0.2, 0.25) is 0 Å². The highest BCUT2D eigenvalue weighted by molar-refractivity contribution is 7.45. The van der Waals surface area contributed by atoms with Crippen LogP contribution >= 0.6 is 7.82 Å². The van der Waals surface area contributed by atoms with Gasteiger partial charge in [0.25, 0.3) is 7.82 Å². The van der Waals surface area contributed by atoms with Crippen LogP contribution < -0.4 is 4.89 Å². The van der Waals surface area contributed by atoms with E-state index in [1.807, 2.05) is 21.1 Å². The minimum Gasteiger partial charge on any atom is -0.756 e. The topological polar surface area (TPSA) is 111 Å². The normalized spacial score (nSPS) is 13.3. The van der Waals surface area contributed by atoms with Crippen LogP contribution in [-0.2, 0) is 32.7 Å². The maximum absolute atomic E-state index is 12.8. The second-order valence-corrected chi connectivity index (χ2v) is 23.1. The van der Waals surface area contributed by atoms with E-state index in [0.29, 0.717) is 17.4 Å². The minimum atomic E-state index is -4.63. The van der Waals surface area contributed by atoms with Gasteiger partial charge < -0.3 is 27.9 Å². The minimum absolute atomic E-state index is 0.0280. The Labute approximate surface area is 428 Å². The summed E-state index contributed by atoms with van der Waals surface area (Å²) in [7, 11) is 1.18. The van der Waals surface area contributed by atoms with Crippen molar-refractivity contribution in [2.24, 2.45) is 0 Å². The summed E-state index contributed by atoms with van der Waals surface area (Å²) in [5, 5.41) is 0. The number of ether oxygens (including phenoxy) is 2. The molecule has 0 rings (SSSR count). The molecule has 0 saturated heterocycles. The SMILES string of the molecule is CCCCCCCC/C=C\CCCCCCCCCC(=O)OC(COC(=O)CCCCCCCCCCCCCCCCCCCCCCCCCCCCCC)COP(=O)([O-])OCC[N+](C)(C)C. The summed E-state index contributed by atoms with van der Waals surface area (Å²) in [6.07, 6.45) is 59.8. The molecule has 0 bridgehead atoms. The Morgan fingerprint density at radius 1 is 0.435 bits per heavy atom. The summed E-state index contributed by atoms with van der Waals surface area (Å²) >= 11 is 0. The van der Waals surface area contributed by atoms with Gasteiger partial charge in [-0.15, -0.1) is 0 Å². The quantitative estimate of drug-likeness (QED) is 0.0195. The average molecular weight is 999 g/mol. The van der Waals surface area contributed by atoms with E-state index in [2.05, 4.69) is 26.0 Å². The van der Waals surface area contributed by atoms with E-state index >= 15 is 0 Å². The number of carbonyl (C=O) groups excluding carboxylic acids is 2. The maximum atomic E-state index is 12.8. The van der Waals surface area contributed by atoms with Gasteiger partial charge in [0.1, 0.15) is 19.8 Å². The zero-order valence-electron chi connectivity index (χ0n) is 46.5. The molecule has 0 amide bonds. The first-order valence-corrected chi connectivity index (χ1v) is 31.4. The lowest BCUT2D eigenvalue weighted by Gasteiger charge is -2.28. The predicted molar refractivity (Wildman–Crippen MR) is 292 cm³/mol. The lowest BCUT2D eigenvalue weighted by molar-refractivity contribution is -0.870. The number of unbranched alkanes of at least 4 members (excludes halogenated alkanes) is 40. The Morgan fingerprint density at radius 3 is 1.07 bits per heavy atom. The highest BCUT2D eigenvalue weighted by Crippen LogP contribution is 2.38. The van der Waals surface area contributed by atoms with Crippen molar-refractivity contribution in [2.45, 2.75) is 309 Å². The Kier molecular flexibility index (Phi) is 50.7. The number of carbonyl (C=O) groups is 2. The molecule has 0 aromatic rings. The zero-order chi connectivity index (χ0) is 50.6. The summed E-state index contributed by atoms with van der Waals surface area (Å²) < 4.78 is 34.2. The molecule has 0 radical (unpaired) electrons. The molecule has 410 valence electrons. The number of nitrogens with zero attached hydrogens (tertiary/aromatic N) is 1. The van der Waals surface area contributed by atoms with E-state index in [0.717, 1.165) is 44.9 Å². The molecule has 0 saturated carbocycles. The lowest BCUT2D eigenvalue weighted by atomic mass is 10.0. The monoisotopic (exact) mass is 998 g/mol. The van der Waals surface area contributed by atoms with Crippen molar-refractivity contribution < 1.29 is 42.1 Å². The van der Waals surface area contributed by atoms with Crippen molar-refractivity contribution in [2.75, 3.05) is 47.5 Å². The molecule has 9 nitrogen and oxygen atoms in total. The van der Waals surface area contributed by atoms with Crippen LogP contribution in [-0.4, -0.2) is 70.0 Å². The number of esters is 2. The largest absolute Gasteiger partial charge is 0.756 e. The fraction of sp³-hybridized carbons (Fsp3) is 0.932. The first-order valence-electron chi connectivity index (χ1n) is 29.9. The smallest absolute Gasteiger partial charge is 0.306 e. The molecule has 2 atom stereocenters. The van der Waals surface area contributed by atoms with Gasteiger partial charge in [-0.2, -0.15) is 0 Å². The summed E-state index contributed by atoms with van der Waals surface area (Å²) in [6, 6.07) is 0. The summed E-state index contributed by atoms with van der Waals surface area (Å²) in [5.41, 5.74) is 0. The van der Waals surface area contributed by atoms with Gasteiger partial charge in [0.05, 0.1) is 27.7 Å². The predicted octanol–water partition coefficient (Wildman–Crippen LogP) is 17.8. The molecular weight excluding hydrogens is 882 g/mol. The van der Waals surface area contributed by atoms with E-state index in [1.54, 1.807) is 0 Å². The molecule has 0 fully saturated rings. The van der Waals surface area contributed by atoms with Gasteiger partial charge in [0, 0.05) is 12.8 Å². The first kappa shape index (κ1) is 67.8. The number of phosphoric acid groups is 1. The van der Waals surface area contributed by atoms with Gasteiger partial charge >= 0.3 is 11.9 Å². The van der Waals surface area contributed by atoms with Crippen LogP contribution in [0.3, 0.4) is 0 Å². The molecule has 0 aromatic heterocycles. The van der Waals surface area contributed by atoms with Crippen molar-refractivity contribution in [1.29, 1.82) is 0 Å².